The lowest BCUT2D eigenvalue weighted by Gasteiger charge is -2.31. The number of fused-ring (bicyclic) bond motifs is 1. The van der Waals surface area contributed by atoms with Crippen LogP contribution in [0.5, 0.6) is 0 Å². The molecule has 258 valence electrons. The SMILES string of the molecule is CCOC(=O)C(NP(=O)(NC(C(=O)OCC)C(C)C)OC[C@H]1O[C@@H](n2cnc3c(NC4CC4)nc(C)nc32)[C@@](C)(O)C1O)C(C)C. The average molecular weight is 670 g/mol. The van der Waals surface area contributed by atoms with Crippen molar-refractivity contribution in [2.75, 3.05) is 25.1 Å². The number of ether oxygens (including phenoxy) is 3. The number of anilines is 1. The second-order valence-corrected chi connectivity index (χ2v) is 14.5. The van der Waals surface area contributed by atoms with E-state index in [2.05, 4.69) is 30.4 Å². The standard InChI is InChI=1S/C29H48N7O9P/c1-9-42-26(38)20(15(3)4)34-46(41,35-21(16(5)6)27(39)43-10-2)44-13-19-23(37)29(8,40)28(45-19)36-14-30-22-24(33-18-11-12-18)31-17(7)32-25(22)36/h14-16,18-21,23,28,37,40H,9-13H2,1-8H3,(H,31,32,33)(H2,34,35,41)/t19-,20?,21?,23?,28-,29+,46?/m1/s1. The van der Waals surface area contributed by atoms with E-state index in [0.717, 1.165) is 12.8 Å². The van der Waals surface area contributed by atoms with E-state index in [4.69, 9.17) is 18.7 Å². The highest BCUT2D eigenvalue weighted by atomic mass is 31.2. The van der Waals surface area contributed by atoms with Crippen LogP contribution in [0.2, 0.25) is 0 Å². The number of rotatable bonds is 16. The summed E-state index contributed by atoms with van der Waals surface area (Å²) in [6.07, 6.45) is -0.339. The summed E-state index contributed by atoms with van der Waals surface area (Å²) >= 11 is 0. The monoisotopic (exact) mass is 669 g/mol. The number of esters is 2. The highest BCUT2D eigenvalue weighted by Crippen LogP contribution is 2.45. The lowest BCUT2D eigenvalue weighted by atomic mass is 9.96. The number of hydrogen-bond donors (Lipinski definition) is 5. The first-order chi connectivity index (χ1) is 21.6. The maximum Gasteiger partial charge on any atom is 0.342 e. The molecule has 1 saturated carbocycles. The molecule has 16 nitrogen and oxygen atoms in total. The maximum atomic E-state index is 14.4. The number of hydrogen-bond acceptors (Lipinski definition) is 13. The van der Waals surface area contributed by atoms with E-state index in [0.29, 0.717) is 28.8 Å². The van der Waals surface area contributed by atoms with Gasteiger partial charge in [-0.1, -0.05) is 27.7 Å². The molecule has 46 heavy (non-hydrogen) atoms. The van der Waals surface area contributed by atoms with E-state index in [-0.39, 0.29) is 25.0 Å². The molecule has 0 amide bonds. The number of carbonyl (C=O) groups is 2. The van der Waals surface area contributed by atoms with Gasteiger partial charge < -0.3 is 34.3 Å². The number of imidazole rings is 1. The van der Waals surface area contributed by atoms with Crippen molar-refractivity contribution in [3.05, 3.63) is 12.2 Å². The van der Waals surface area contributed by atoms with Crippen molar-refractivity contribution < 1.29 is 43.1 Å². The van der Waals surface area contributed by atoms with Crippen LogP contribution in [0.15, 0.2) is 6.33 Å². The summed E-state index contributed by atoms with van der Waals surface area (Å²) in [6, 6.07) is -1.83. The maximum absolute atomic E-state index is 14.4. The fraction of sp³-hybridized carbons (Fsp3) is 0.759. The molecule has 1 aliphatic heterocycles. The Kier molecular flexibility index (Phi) is 11.5. The zero-order valence-corrected chi connectivity index (χ0v) is 28.6. The first kappa shape index (κ1) is 36.1. The molecular formula is C29H48N7O9P. The van der Waals surface area contributed by atoms with Gasteiger partial charge in [0.15, 0.2) is 23.2 Å². The Morgan fingerprint density at radius 1 is 1.09 bits per heavy atom. The summed E-state index contributed by atoms with van der Waals surface area (Å²) in [5.74, 6) is -1.01. The number of nitrogens with one attached hydrogen (secondary N) is 3. The average Bonchev–Trinajstić information content (AvgIpc) is 3.65. The van der Waals surface area contributed by atoms with Gasteiger partial charge in [0, 0.05) is 6.04 Å². The molecule has 2 aliphatic rings. The van der Waals surface area contributed by atoms with Gasteiger partial charge in [0.1, 0.15) is 35.7 Å². The summed E-state index contributed by atoms with van der Waals surface area (Å²) in [6.45, 7) is 13.1. The summed E-state index contributed by atoms with van der Waals surface area (Å²) in [5, 5.41) is 31.6. The van der Waals surface area contributed by atoms with Crippen LogP contribution in [0, 0.1) is 18.8 Å². The molecule has 17 heteroatoms. The number of aryl methyl sites for hydroxylation is 1. The topological polar surface area (TPSA) is 208 Å². The van der Waals surface area contributed by atoms with Gasteiger partial charge in [0.05, 0.1) is 26.1 Å². The van der Waals surface area contributed by atoms with Gasteiger partial charge in [-0.15, -0.1) is 0 Å². The minimum absolute atomic E-state index is 0.101. The van der Waals surface area contributed by atoms with Crippen molar-refractivity contribution >= 4 is 36.6 Å². The first-order valence-electron chi connectivity index (χ1n) is 15.8. The fourth-order valence-corrected chi connectivity index (χ4v) is 7.28. The third-order valence-corrected chi connectivity index (χ3v) is 9.66. The molecule has 5 N–H and O–H groups in total. The second-order valence-electron chi connectivity index (χ2n) is 12.6. The van der Waals surface area contributed by atoms with E-state index in [1.165, 1.54) is 17.8 Å². The minimum atomic E-state index is -4.28. The molecule has 2 aromatic heterocycles. The van der Waals surface area contributed by atoms with Crippen LogP contribution in [-0.4, -0.2) is 97.4 Å². The Labute approximate surface area is 268 Å². The molecule has 1 saturated heterocycles. The zero-order chi connectivity index (χ0) is 34.0. The Morgan fingerprint density at radius 3 is 2.15 bits per heavy atom. The molecule has 0 bridgehead atoms. The summed E-state index contributed by atoms with van der Waals surface area (Å²) in [4.78, 5) is 39.1. The molecule has 2 aromatic rings. The largest absolute Gasteiger partial charge is 0.465 e. The van der Waals surface area contributed by atoms with Crippen molar-refractivity contribution in [2.45, 2.75) is 110 Å². The van der Waals surface area contributed by atoms with Gasteiger partial charge in [-0.05, 0) is 52.4 Å². The summed E-state index contributed by atoms with van der Waals surface area (Å²) in [5.41, 5.74) is -0.972. The summed E-state index contributed by atoms with van der Waals surface area (Å²) < 4.78 is 38.4. The van der Waals surface area contributed by atoms with Crippen LogP contribution in [0.25, 0.3) is 11.2 Å². The predicted octanol–water partition coefficient (Wildman–Crippen LogP) is 2.20. The van der Waals surface area contributed by atoms with Gasteiger partial charge in [0.2, 0.25) is 0 Å². The van der Waals surface area contributed by atoms with Crippen LogP contribution in [0.4, 0.5) is 5.82 Å². The van der Waals surface area contributed by atoms with Gasteiger partial charge in [-0.3, -0.25) is 18.7 Å². The second kappa shape index (κ2) is 14.6. The predicted molar refractivity (Wildman–Crippen MR) is 168 cm³/mol. The highest BCUT2D eigenvalue weighted by molar-refractivity contribution is 7.54. The van der Waals surface area contributed by atoms with Crippen molar-refractivity contribution in [1.29, 1.82) is 0 Å². The third-order valence-electron chi connectivity index (χ3n) is 7.91. The first-order valence-corrected chi connectivity index (χ1v) is 17.4. The Balaban J connectivity index is 1.61. The van der Waals surface area contributed by atoms with Gasteiger partial charge in [0.25, 0.3) is 0 Å². The highest BCUT2D eigenvalue weighted by Gasteiger charge is 2.54. The molecule has 3 heterocycles. The van der Waals surface area contributed by atoms with E-state index in [9.17, 15) is 24.4 Å². The van der Waals surface area contributed by atoms with Crippen molar-refractivity contribution in [3.63, 3.8) is 0 Å². The zero-order valence-electron chi connectivity index (χ0n) is 27.7. The number of nitrogens with zero attached hydrogens (tertiary/aromatic N) is 4. The van der Waals surface area contributed by atoms with Crippen LogP contribution in [0.3, 0.4) is 0 Å². The summed E-state index contributed by atoms with van der Waals surface area (Å²) in [7, 11) is -4.28. The van der Waals surface area contributed by atoms with Crippen molar-refractivity contribution in [3.8, 4) is 0 Å². The molecular weight excluding hydrogens is 621 g/mol. The molecule has 3 unspecified atom stereocenters. The number of aliphatic hydroxyl groups excluding tert-OH is 1. The van der Waals surface area contributed by atoms with Gasteiger partial charge in [-0.25, -0.2) is 25.1 Å². The lowest BCUT2D eigenvalue weighted by Crippen LogP contribution is -2.49. The van der Waals surface area contributed by atoms with Crippen LogP contribution < -0.4 is 15.5 Å². The molecule has 2 fully saturated rings. The Hall–Kier alpha value is -2.72. The van der Waals surface area contributed by atoms with E-state index >= 15 is 0 Å². The van der Waals surface area contributed by atoms with Crippen molar-refractivity contribution in [1.82, 2.24) is 29.7 Å². The Morgan fingerprint density at radius 2 is 1.65 bits per heavy atom. The van der Waals surface area contributed by atoms with E-state index in [1.54, 1.807) is 48.5 Å². The van der Waals surface area contributed by atoms with Crippen LogP contribution >= 0.6 is 7.67 Å². The third kappa shape index (κ3) is 8.04. The van der Waals surface area contributed by atoms with E-state index in [1.807, 2.05) is 0 Å². The molecule has 0 spiro atoms. The van der Waals surface area contributed by atoms with Gasteiger partial charge in [-0.2, -0.15) is 0 Å². The molecule has 6 atom stereocenters. The lowest BCUT2D eigenvalue weighted by molar-refractivity contribution is -0.146. The number of aromatic nitrogens is 4. The number of aliphatic hydroxyl groups is 2. The molecule has 0 aromatic carbocycles. The number of carbonyl (C=O) groups excluding carboxylic acids is 2. The van der Waals surface area contributed by atoms with Gasteiger partial charge >= 0.3 is 19.6 Å². The normalized spacial score (nSPS) is 25.9. The van der Waals surface area contributed by atoms with E-state index < -0.39 is 62.3 Å². The smallest absolute Gasteiger partial charge is 0.342 e. The molecule has 0 radical (unpaired) electrons. The fourth-order valence-electron chi connectivity index (χ4n) is 5.16. The van der Waals surface area contributed by atoms with Crippen LogP contribution in [0.1, 0.15) is 73.4 Å². The molecule has 1 aliphatic carbocycles. The van der Waals surface area contributed by atoms with Crippen LogP contribution in [-0.2, 0) is 32.9 Å². The minimum Gasteiger partial charge on any atom is -0.465 e. The molecule has 4 rings (SSSR count). The van der Waals surface area contributed by atoms with Crippen molar-refractivity contribution in [2.24, 2.45) is 11.8 Å². The quantitative estimate of drug-likeness (QED) is 0.128. The Bertz CT molecular complexity index is 1400.